The van der Waals surface area contributed by atoms with Gasteiger partial charge in [-0.15, -0.1) is 0 Å². The highest BCUT2D eigenvalue weighted by Crippen LogP contribution is 2.20. The van der Waals surface area contributed by atoms with E-state index in [-0.39, 0.29) is 22.8 Å². The fourth-order valence-corrected chi connectivity index (χ4v) is 3.34. The molecule has 0 spiro atoms. The summed E-state index contributed by atoms with van der Waals surface area (Å²) in [7, 11) is 0. The number of anilines is 2. The number of imidazole rings is 1. The lowest BCUT2D eigenvalue weighted by Gasteiger charge is -2.16. The van der Waals surface area contributed by atoms with Gasteiger partial charge in [-0.05, 0) is 24.3 Å². The summed E-state index contributed by atoms with van der Waals surface area (Å²) in [5.41, 5.74) is 4.00. The summed E-state index contributed by atoms with van der Waals surface area (Å²) in [6.45, 7) is 4.12. The molecule has 0 bridgehead atoms. The van der Waals surface area contributed by atoms with Crippen LogP contribution in [0.5, 0.6) is 0 Å². The molecule has 0 radical (unpaired) electrons. The summed E-state index contributed by atoms with van der Waals surface area (Å²) >= 11 is 6.25. The van der Waals surface area contributed by atoms with Crippen LogP contribution in [0.4, 0.5) is 16.0 Å². The van der Waals surface area contributed by atoms with Crippen LogP contribution in [0.2, 0.25) is 5.02 Å². The molecule has 0 aliphatic carbocycles. The Labute approximate surface area is 191 Å². The van der Waals surface area contributed by atoms with E-state index in [1.165, 1.54) is 29.5 Å². The van der Waals surface area contributed by atoms with E-state index in [0.717, 1.165) is 6.20 Å². The van der Waals surface area contributed by atoms with Crippen molar-refractivity contribution < 1.29 is 4.39 Å². The van der Waals surface area contributed by atoms with Crippen molar-refractivity contribution >= 4 is 45.3 Å². The minimum atomic E-state index is -0.494. The van der Waals surface area contributed by atoms with Gasteiger partial charge in [-0.25, -0.2) is 34.0 Å². The first-order valence-corrected chi connectivity index (χ1v) is 10.4. The van der Waals surface area contributed by atoms with Gasteiger partial charge in [0, 0.05) is 0 Å². The molecule has 0 aliphatic rings. The van der Waals surface area contributed by atoms with Crippen molar-refractivity contribution in [2.24, 2.45) is 0 Å². The van der Waals surface area contributed by atoms with Crippen molar-refractivity contribution in [3.63, 3.8) is 0 Å². The lowest BCUT2D eigenvalue weighted by atomic mass is 10.2. The number of hydrogen-bond acceptors (Lipinski definition) is 8. The molecule has 0 atom stereocenters. The van der Waals surface area contributed by atoms with Crippen molar-refractivity contribution in [1.82, 2.24) is 34.6 Å². The maximum Gasteiger partial charge on any atom is 0.281 e. The molecule has 0 fully saturated rings. The Bertz CT molecular complexity index is 1470. The van der Waals surface area contributed by atoms with Gasteiger partial charge < -0.3 is 10.3 Å². The Morgan fingerprint density at radius 2 is 1.97 bits per heavy atom. The first-order chi connectivity index (χ1) is 16.1. The molecule has 0 saturated carbocycles. The predicted octanol–water partition coefficient (Wildman–Crippen LogP) is 3.76. The summed E-state index contributed by atoms with van der Waals surface area (Å²) in [5, 5.41) is 3.65. The quantitative estimate of drug-likeness (QED) is 0.356. The van der Waals surface area contributed by atoms with Gasteiger partial charge >= 0.3 is 0 Å². The average molecular weight is 468 g/mol. The largest absolute Gasteiger partial charge is 0.361 e. The molecular formula is C21H19ClFN9O. The summed E-state index contributed by atoms with van der Waals surface area (Å²) in [5.74, 6) is 0.592. The first-order valence-electron chi connectivity index (χ1n) is 10.1. The van der Waals surface area contributed by atoms with Crippen LogP contribution in [0.1, 0.15) is 19.7 Å². The fourth-order valence-electron chi connectivity index (χ4n) is 3.09. The van der Waals surface area contributed by atoms with Gasteiger partial charge in [0.2, 0.25) is 0 Å². The van der Waals surface area contributed by atoms with E-state index in [2.05, 4.69) is 40.6 Å². The summed E-state index contributed by atoms with van der Waals surface area (Å²) in [6.07, 6.45) is 3.94. The molecule has 5 aromatic rings. The normalized spacial score (nSPS) is 10.7. The van der Waals surface area contributed by atoms with Crippen molar-refractivity contribution in [1.29, 1.82) is 0 Å². The molecule has 5 rings (SSSR count). The van der Waals surface area contributed by atoms with Crippen molar-refractivity contribution in [3.05, 3.63) is 76.2 Å². The molecule has 0 aliphatic heterocycles. The van der Waals surface area contributed by atoms with E-state index < -0.39 is 11.4 Å². The minimum absolute atomic E-state index is 0.122. The maximum absolute atomic E-state index is 13.2. The summed E-state index contributed by atoms with van der Waals surface area (Å²) < 4.78 is 14.5. The van der Waals surface area contributed by atoms with Crippen LogP contribution in [-0.2, 0) is 6.54 Å². The molecular weight excluding hydrogens is 449 g/mol. The zero-order chi connectivity index (χ0) is 23.4. The molecule has 1 aromatic carbocycles. The van der Waals surface area contributed by atoms with Gasteiger partial charge in [-0.3, -0.25) is 10.2 Å². The number of aromatic nitrogens is 7. The number of nitrogens with one attached hydrogen (secondary N) is 3. The number of fused-ring (bicyclic) bond motifs is 2. The molecule has 4 aromatic heterocycles. The van der Waals surface area contributed by atoms with E-state index >= 15 is 0 Å². The number of nitrogens with zero attached hydrogens (tertiary/aromatic N) is 6. The molecule has 3 N–H and O–H groups in total. The minimum Gasteiger partial charge on any atom is -0.361 e. The Morgan fingerprint density at radius 3 is 2.76 bits per heavy atom. The third kappa shape index (κ3) is 4.44. The van der Waals surface area contributed by atoms with E-state index in [1.807, 2.05) is 13.8 Å². The summed E-state index contributed by atoms with van der Waals surface area (Å²) in [6, 6.07) is 7.67. The molecule has 168 valence electrons. The number of rotatable bonds is 5. The lowest BCUT2D eigenvalue weighted by Crippen LogP contribution is -2.32. The van der Waals surface area contributed by atoms with E-state index in [9.17, 15) is 9.18 Å². The van der Waals surface area contributed by atoms with Crippen LogP contribution in [0, 0.1) is 5.82 Å². The number of benzene rings is 1. The van der Waals surface area contributed by atoms with Gasteiger partial charge in [-0.2, -0.15) is 0 Å². The molecule has 10 nitrogen and oxygen atoms in total. The van der Waals surface area contributed by atoms with Gasteiger partial charge in [0.1, 0.15) is 23.5 Å². The lowest BCUT2D eigenvalue weighted by molar-refractivity contribution is 0.621. The van der Waals surface area contributed by atoms with Crippen LogP contribution >= 0.6 is 11.6 Å². The van der Waals surface area contributed by atoms with Crippen LogP contribution in [0.15, 0.2) is 54.0 Å². The molecule has 0 unspecified atom stereocenters. The highest BCUT2D eigenvalue weighted by atomic mass is 35.5. The molecule has 4 heterocycles. The number of hydrogen-bond donors (Lipinski definition) is 3. The molecule has 0 amide bonds. The third-order valence-corrected chi connectivity index (χ3v) is 4.82. The van der Waals surface area contributed by atoms with Gasteiger partial charge in [-0.1, -0.05) is 31.5 Å². The Balaban J connectivity index is 0.00000126. The van der Waals surface area contributed by atoms with Gasteiger partial charge in [0.05, 0.1) is 35.0 Å². The second-order valence-corrected chi connectivity index (χ2v) is 6.86. The van der Waals surface area contributed by atoms with Crippen LogP contribution < -0.4 is 16.3 Å². The van der Waals surface area contributed by atoms with Crippen LogP contribution in [-0.4, -0.2) is 34.6 Å². The topological polar surface area (TPSA) is 126 Å². The SMILES string of the molecule is CC.O=c1c2c(Cl)cccc2nc(CNc2ncnc3nc[nH]c23)n1Nc1ccc(F)cn1. The standard InChI is InChI=1S/C19H13ClFN9O.C2H6/c20-11-2-1-3-12-15(11)19(31)30(29-13-5-4-10(21)6-22-13)14(28-12)7-23-17-16-18(25-8-24-16)27-9-26-17;1-2/h1-6,8-9H,7H2,(H,22,29)(H2,23,24,25,26,27);1-2H3. The van der Waals surface area contributed by atoms with E-state index in [0.29, 0.717) is 28.3 Å². The second kappa shape index (κ2) is 9.57. The van der Waals surface area contributed by atoms with Gasteiger partial charge in [0.25, 0.3) is 5.56 Å². The van der Waals surface area contributed by atoms with Crippen molar-refractivity contribution in [2.45, 2.75) is 20.4 Å². The smallest absolute Gasteiger partial charge is 0.281 e. The molecule has 0 saturated heterocycles. The fraction of sp³-hybridized carbons (Fsp3) is 0.143. The first kappa shape index (κ1) is 22.1. The van der Waals surface area contributed by atoms with Crippen LogP contribution in [0.25, 0.3) is 22.1 Å². The number of halogens is 2. The zero-order valence-electron chi connectivity index (χ0n) is 17.7. The average Bonchev–Trinajstić information content (AvgIpc) is 3.32. The van der Waals surface area contributed by atoms with E-state index in [4.69, 9.17) is 11.6 Å². The Kier molecular flexibility index (Phi) is 6.41. The number of H-pyrrole nitrogens is 1. The monoisotopic (exact) mass is 467 g/mol. The Hall–Kier alpha value is -4.12. The molecule has 33 heavy (non-hydrogen) atoms. The van der Waals surface area contributed by atoms with E-state index in [1.54, 1.807) is 18.2 Å². The second-order valence-electron chi connectivity index (χ2n) is 6.45. The zero-order valence-corrected chi connectivity index (χ0v) is 18.4. The maximum atomic E-state index is 13.2. The van der Waals surface area contributed by atoms with Crippen LogP contribution in [0.3, 0.4) is 0 Å². The Morgan fingerprint density at radius 1 is 1.12 bits per heavy atom. The predicted molar refractivity (Wildman–Crippen MR) is 125 cm³/mol. The number of pyridine rings is 1. The summed E-state index contributed by atoms with van der Waals surface area (Å²) in [4.78, 5) is 37.1. The van der Waals surface area contributed by atoms with Crippen molar-refractivity contribution in [3.8, 4) is 0 Å². The number of aromatic amines is 1. The van der Waals surface area contributed by atoms with Gasteiger partial charge in [0.15, 0.2) is 17.3 Å². The third-order valence-electron chi connectivity index (χ3n) is 4.51. The highest BCUT2D eigenvalue weighted by Gasteiger charge is 2.15. The highest BCUT2D eigenvalue weighted by molar-refractivity contribution is 6.35. The molecule has 12 heteroatoms. The van der Waals surface area contributed by atoms with Crippen molar-refractivity contribution in [2.75, 3.05) is 10.7 Å².